The third-order valence-corrected chi connectivity index (χ3v) is 2.85. The van der Waals surface area contributed by atoms with Crippen LogP contribution in [0.25, 0.3) is 0 Å². The first-order chi connectivity index (χ1) is 7.16. The van der Waals surface area contributed by atoms with Gasteiger partial charge in [-0.1, -0.05) is 24.3 Å². The summed E-state index contributed by atoms with van der Waals surface area (Å²) >= 11 is 0. The molecule has 0 amide bonds. The number of nitrogens with zero attached hydrogens (tertiary/aromatic N) is 1. The second kappa shape index (κ2) is 4.35. The van der Waals surface area contributed by atoms with E-state index in [0.29, 0.717) is 5.46 Å². The normalized spacial score (nSPS) is 15.7. The van der Waals surface area contributed by atoms with Gasteiger partial charge < -0.3 is 10.0 Å². The highest BCUT2D eigenvalue weighted by molar-refractivity contribution is 6.58. The minimum Gasteiger partial charge on any atom is -0.423 e. The molecule has 15 heavy (non-hydrogen) atoms. The van der Waals surface area contributed by atoms with Gasteiger partial charge in [0.05, 0.1) is 0 Å². The Morgan fingerprint density at radius 1 is 1.40 bits per heavy atom. The second-order valence-electron chi connectivity index (χ2n) is 4.26. The first-order valence-corrected chi connectivity index (χ1v) is 5.32. The minimum atomic E-state index is -1.36. The predicted octanol–water partition coefficient (Wildman–Crippen LogP) is -0.0394. The fourth-order valence-corrected chi connectivity index (χ4v) is 1.78. The first-order valence-electron chi connectivity index (χ1n) is 5.32. The number of hydrogen-bond donors (Lipinski definition) is 2. The van der Waals surface area contributed by atoms with E-state index in [1.54, 1.807) is 6.07 Å². The lowest BCUT2D eigenvalue weighted by atomic mass is 9.79. The van der Waals surface area contributed by atoms with Gasteiger partial charge >= 0.3 is 7.12 Å². The van der Waals surface area contributed by atoms with Crippen molar-refractivity contribution in [3.05, 3.63) is 29.8 Å². The lowest BCUT2D eigenvalue weighted by Gasteiger charge is -2.16. The van der Waals surface area contributed by atoms with Gasteiger partial charge in [-0.3, -0.25) is 4.90 Å². The van der Waals surface area contributed by atoms with Crippen LogP contribution >= 0.6 is 0 Å². The summed E-state index contributed by atoms with van der Waals surface area (Å²) in [6, 6.07) is 8.19. The zero-order chi connectivity index (χ0) is 10.8. The van der Waals surface area contributed by atoms with Crippen molar-refractivity contribution in [3.63, 3.8) is 0 Å². The Balaban J connectivity index is 2.03. The van der Waals surface area contributed by atoms with Crippen molar-refractivity contribution in [1.29, 1.82) is 0 Å². The molecular weight excluding hydrogens is 189 g/mol. The number of rotatable bonds is 4. The molecule has 0 aliphatic heterocycles. The zero-order valence-corrected chi connectivity index (χ0v) is 8.93. The molecular formula is C11H16BNO2. The first kappa shape index (κ1) is 10.7. The van der Waals surface area contributed by atoms with E-state index in [-0.39, 0.29) is 0 Å². The molecule has 0 aromatic heterocycles. The van der Waals surface area contributed by atoms with Crippen molar-refractivity contribution in [1.82, 2.24) is 4.90 Å². The van der Waals surface area contributed by atoms with Crippen LogP contribution in [0.2, 0.25) is 0 Å². The molecule has 0 unspecified atom stereocenters. The van der Waals surface area contributed by atoms with Crippen molar-refractivity contribution in [2.24, 2.45) is 0 Å². The summed E-state index contributed by atoms with van der Waals surface area (Å²) < 4.78 is 0. The number of hydrogen-bond acceptors (Lipinski definition) is 3. The van der Waals surface area contributed by atoms with E-state index >= 15 is 0 Å². The van der Waals surface area contributed by atoms with Crippen LogP contribution in [0.3, 0.4) is 0 Å². The monoisotopic (exact) mass is 205 g/mol. The summed E-state index contributed by atoms with van der Waals surface area (Å²) in [5.41, 5.74) is 1.70. The Labute approximate surface area is 90.5 Å². The Morgan fingerprint density at radius 3 is 2.73 bits per heavy atom. The van der Waals surface area contributed by atoms with Gasteiger partial charge in [-0.25, -0.2) is 0 Å². The van der Waals surface area contributed by atoms with Gasteiger partial charge in [0.2, 0.25) is 0 Å². The van der Waals surface area contributed by atoms with Crippen LogP contribution in [0.15, 0.2) is 24.3 Å². The zero-order valence-electron chi connectivity index (χ0n) is 8.93. The van der Waals surface area contributed by atoms with Gasteiger partial charge in [-0.15, -0.1) is 0 Å². The molecule has 2 N–H and O–H groups in total. The Bertz CT molecular complexity index is 339. The van der Waals surface area contributed by atoms with E-state index in [1.807, 2.05) is 18.2 Å². The second-order valence-corrected chi connectivity index (χ2v) is 4.26. The van der Waals surface area contributed by atoms with Gasteiger partial charge in [0, 0.05) is 12.6 Å². The van der Waals surface area contributed by atoms with Crippen molar-refractivity contribution in [3.8, 4) is 0 Å². The Morgan fingerprint density at radius 2 is 2.13 bits per heavy atom. The average molecular weight is 205 g/mol. The molecule has 1 saturated carbocycles. The van der Waals surface area contributed by atoms with Crippen molar-refractivity contribution in [2.75, 3.05) is 7.05 Å². The lowest BCUT2D eigenvalue weighted by Crippen LogP contribution is -2.30. The molecule has 0 radical (unpaired) electrons. The summed E-state index contributed by atoms with van der Waals surface area (Å²) in [5, 5.41) is 18.1. The molecule has 0 heterocycles. The summed E-state index contributed by atoms with van der Waals surface area (Å²) in [5.74, 6) is 0. The maximum atomic E-state index is 9.05. The van der Waals surface area contributed by atoms with E-state index < -0.39 is 7.12 Å². The maximum Gasteiger partial charge on any atom is 0.488 e. The van der Waals surface area contributed by atoms with Gasteiger partial charge in [0.25, 0.3) is 0 Å². The third-order valence-electron chi connectivity index (χ3n) is 2.85. The number of benzene rings is 1. The van der Waals surface area contributed by atoms with E-state index in [9.17, 15) is 0 Å². The van der Waals surface area contributed by atoms with Gasteiger partial charge in [-0.2, -0.15) is 0 Å². The van der Waals surface area contributed by atoms with Crippen LogP contribution in [0.5, 0.6) is 0 Å². The van der Waals surface area contributed by atoms with Crippen LogP contribution in [-0.2, 0) is 6.54 Å². The molecule has 4 heteroatoms. The quantitative estimate of drug-likeness (QED) is 0.678. The molecule has 0 spiro atoms. The SMILES string of the molecule is CN(Cc1cccc(B(O)O)c1)C1CC1. The van der Waals surface area contributed by atoms with E-state index in [1.165, 1.54) is 12.8 Å². The van der Waals surface area contributed by atoms with Crippen LogP contribution in [0.1, 0.15) is 18.4 Å². The summed E-state index contributed by atoms with van der Waals surface area (Å²) in [7, 11) is 0.746. The molecule has 1 aliphatic carbocycles. The molecule has 1 aromatic carbocycles. The standard InChI is InChI=1S/C11H16BNO2/c1-13(11-5-6-11)8-9-3-2-4-10(7-9)12(14)15/h2-4,7,11,14-15H,5-6,8H2,1H3. The molecule has 2 rings (SSSR count). The van der Waals surface area contributed by atoms with Crippen molar-refractivity contribution < 1.29 is 10.0 Å². The minimum absolute atomic E-state index is 0.566. The fraction of sp³-hybridized carbons (Fsp3) is 0.455. The van der Waals surface area contributed by atoms with Gasteiger partial charge in [0.15, 0.2) is 0 Å². The molecule has 1 aromatic rings. The van der Waals surface area contributed by atoms with E-state index in [2.05, 4.69) is 11.9 Å². The molecule has 1 aliphatic rings. The van der Waals surface area contributed by atoms with Gasteiger partial charge in [0.1, 0.15) is 0 Å². The lowest BCUT2D eigenvalue weighted by molar-refractivity contribution is 0.316. The van der Waals surface area contributed by atoms with Crippen LogP contribution in [0.4, 0.5) is 0 Å². The molecule has 1 fully saturated rings. The van der Waals surface area contributed by atoms with Gasteiger partial charge in [-0.05, 0) is 30.9 Å². The fourth-order valence-electron chi connectivity index (χ4n) is 1.78. The van der Waals surface area contributed by atoms with E-state index in [4.69, 9.17) is 10.0 Å². The van der Waals surface area contributed by atoms with Crippen LogP contribution in [0, 0.1) is 0 Å². The summed E-state index contributed by atoms with van der Waals surface area (Å²) in [6.07, 6.45) is 2.58. The third kappa shape index (κ3) is 2.81. The molecule has 80 valence electrons. The summed E-state index contributed by atoms with van der Waals surface area (Å²) in [6.45, 7) is 0.880. The molecule has 0 bridgehead atoms. The highest BCUT2D eigenvalue weighted by atomic mass is 16.4. The predicted molar refractivity (Wildman–Crippen MR) is 60.8 cm³/mol. The molecule has 0 atom stereocenters. The molecule has 0 saturated heterocycles. The van der Waals surface area contributed by atoms with E-state index in [0.717, 1.165) is 18.2 Å². The largest absolute Gasteiger partial charge is 0.488 e. The maximum absolute atomic E-state index is 9.05. The average Bonchev–Trinajstić information content (AvgIpc) is 3.01. The molecule has 3 nitrogen and oxygen atoms in total. The summed E-state index contributed by atoms with van der Waals surface area (Å²) in [4.78, 5) is 2.31. The Kier molecular flexibility index (Phi) is 3.10. The highest BCUT2D eigenvalue weighted by Crippen LogP contribution is 2.26. The van der Waals surface area contributed by atoms with Crippen molar-refractivity contribution >= 4 is 12.6 Å². The smallest absolute Gasteiger partial charge is 0.423 e. The van der Waals surface area contributed by atoms with Crippen LogP contribution in [-0.4, -0.2) is 35.2 Å². The highest BCUT2D eigenvalue weighted by Gasteiger charge is 2.25. The topological polar surface area (TPSA) is 43.7 Å². The Hall–Kier alpha value is -0.835. The van der Waals surface area contributed by atoms with Crippen molar-refractivity contribution in [2.45, 2.75) is 25.4 Å². The van der Waals surface area contributed by atoms with Crippen LogP contribution < -0.4 is 5.46 Å².